The van der Waals surface area contributed by atoms with E-state index < -0.39 is 28.5 Å². The van der Waals surface area contributed by atoms with Crippen LogP contribution in [-0.2, 0) is 26.2 Å². The first kappa shape index (κ1) is 27.0. The number of hydrogen-bond acceptors (Lipinski definition) is 4. The molecule has 0 aliphatic carbocycles. The Morgan fingerprint density at radius 3 is 2.15 bits per heavy atom. The summed E-state index contributed by atoms with van der Waals surface area (Å²) in [4.78, 5) is 27.5. The highest BCUT2D eigenvalue weighted by Gasteiger charge is 2.30. The van der Waals surface area contributed by atoms with Gasteiger partial charge in [-0.25, -0.2) is 8.42 Å². The van der Waals surface area contributed by atoms with Crippen molar-refractivity contribution in [2.45, 2.75) is 33.4 Å². The second kappa shape index (κ2) is 11.7. The highest BCUT2D eigenvalue weighted by molar-refractivity contribution is 7.92. The molecule has 0 aromatic heterocycles. The average Bonchev–Trinajstić information content (AvgIpc) is 2.74. The van der Waals surface area contributed by atoms with E-state index in [0.717, 1.165) is 16.1 Å². The van der Waals surface area contributed by atoms with E-state index in [-0.39, 0.29) is 29.1 Å². The highest BCUT2D eigenvalue weighted by atomic mass is 35.5. The van der Waals surface area contributed by atoms with Crippen LogP contribution in [0.5, 0.6) is 0 Å². The number of rotatable bonds is 10. The first-order chi connectivity index (χ1) is 15.4. The van der Waals surface area contributed by atoms with Gasteiger partial charge in [0.2, 0.25) is 21.8 Å². The number of hydrogen-bond donors (Lipinski definition) is 1. The van der Waals surface area contributed by atoms with Crippen LogP contribution in [-0.4, -0.2) is 50.5 Å². The zero-order valence-electron chi connectivity index (χ0n) is 19.1. The Balaban J connectivity index is 2.36. The Labute approximate surface area is 205 Å². The number of amides is 2. The van der Waals surface area contributed by atoms with Gasteiger partial charge in [-0.05, 0) is 42.7 Å². The summed E-state index contributed by atoms with van der Waals surface area (Å²) in [6.45, 7) is 5.61. The highest BCUT2D eigenvalue weighted by Crippen LogP contribution is 2.27. The van der Waals surface area contributed by atoms with Crippen LogP contribution in [0, 0.1) is 5.92 Å². The summed E-state index contributed by atoms with van der Waals surface area (Å²) in [6, 6.07) is 12.4. The van der Waals surface area contributed by atoms with Crippen molar-refractivity contribution in [3.63, 3.8) is 0 Å². The summed E-state index contributed by atoms with van der Waals surface area (Å²) in [7, 11) is -3.83. The molecule has 0 heterocycles. The Bertz CT molecular complexity index is 1080. The number of halogens is 2. The molecule has 10 heteroatoms. The molecule has 1 N–H and O–H groups in total. The minimum atomic E-state index is -3.83. The van der Waals surface area contributed by atoms with Crippen LogP contribution in [0.25, 0.3) is 0 Å². The van der Waals surface area contributed by atoms with E-state index in [1.807, 2.05) is 13.8 Å². The molecule has 1 atom stereocenters. The molecule has 2 rings (SSSR count). The van der Waals surface area contributed by atoms with Crippen molar-refractivity contribution >= 4 is 50.7 Å². The molecule has 0 saturated carbocycles. The number of nitrogens with zero attached hydrogens (tertiary/aromatic N) is 2. The fourth-order valence-corrected chi connectivity index (χ4v) is 4.35. The van der Waals surface area contributed by atoms with Crippen molar-refractivity contribution in [1.29, 1.82) is 0 Å². The number of nitrogens with one attached hydrogen (secondary N) is 1. The predicted molar refractivity (Wildman–Crippen MR) is 133 cm³/mol. The van der Waals surface area contributed by atoms with E-state index in [9.17, 15) is 18.0 Å². The molecular weight excluding hydrogens is 485 g/mol. The second-order valence-electron chi connectivity index (χ2n) is 8.18. The second-order valence-corrected chi connectivity index (χ2v) is 10.9. The van der Waals surface area contributed by atoms with Gasteiger partial charge in [-0.15, -0.1) is 0 Å². The maximum absolute atomic E-state index is 13.4. The maximum Gasteiger partial charge on any atom is 0.244 e. The normalized spacial score (nSPS) is 12.3. The van der Waals surface area contributed by atoms with Crippen LogP contribution >= 0.6 is 23.2 Å². The number of sulfonamides is 1. The van der Waals surface area contributed by atoms with Gasteiger partial charge in [0.15, 0.2) is 0 Å². The smallest absolute Gasteiger partial charge is 0.244 e. The van der Waals surface area contributed by atoms with Crippen molar-refractivity contribution in [3.8, 4) is 0 Å². The van der Waals surface area contributed by atoms with Gasteiger partial charge in [-0.1, -0.05) is 61.3 Å². The summed E-state index contributed by atoms with van der Waals surface area (Å²) in [5, 5.41) is 3.57. The van der Waals surface area contributed by atoms with Crippen LogP contribution in [0.3, 0.4) is 0 Å². The molecule has 0 bridgehead atoms. The first-order valence-electron chi connectivity index (χ1n) is 10.4. The fraction of sp³-hybridized carbons (Fsp3) is 0.391. The average molecular weight is 514 g/mol. The third kappa shape index (κ3) is 7.91. The lowest BCUT2D eigenvalue weighted by atomic mass is 10.1. The molecule has 33 heavy (non-hydrogen) atoms. The predicted octanol–water partition coefficient (Wildman–Crippen LogP) is 3.95. The zero-order valence-corrected chi connectivity index (χ0v) is 21.4. The van der Waals surface area contributed by atoms with Crippen molar-refractivity contribution in [2.75, 3.05) is 23.7 Å². The molecule has 0 aliphatic rings. The minimum Gasteiger partial charge on any atom is -0.354 e. The monoisotopic (exact) mass is 513 g/mol. The lowest BCUT2D eigenvalue weighted by molar-refractivity contribution is -0.139. The van der Waals surface area contributed by atoms with Crippen molar-refractivity contribution in [3.05, 3.63) is 64.1 Å². The van der Waals surface area contributed by atoms with Crippen molar-refractivity contribution < 1.29 is 18.0 Å². The molecule has 0 radical (unpaired) electrons. The first-order valence-corrected chi connectivity index (χ1v) is 13.0. The Hall–Kier alpha value is -2.29. The van der Waals surface area contributed by atoms with Crippen LogP contribution in [0.1, 0.15) is 26.3 Å². The third-order valence-electron chi connectivity index (χ3n) is 4.92. The zero-order chi connectivity index (χ0) is 24.8. The number of anilines is 1. The van der Waals surface area contributed by atoms with Crippen molar-refractivity contribution in [2.24, 2.45) is 5.92 Å². The van der Waals surface area contributed by atoms with E-state index in [4.69, 9.17) is 23.2 Å². The molecular formula is C23H29Cl2N3O4S. The quantitative estimate of drug-likeness (QED) is 0.520. The Morgan fingerprint density at radius 2 is 1.61 bits per heavy atom. The molecule has 0 spiro atoms. The summed E-state index contributed by atoms with van der Waals surface area (Å²) < 4.78 is 26.0. The van der Waals surface area contributed by atoms with Crippen LogP contribution in [0.15, 0.2) is 48.5 Å². The summed E-state index contributed by atoms with van der Waals surface area (Å²) in [5.41, 5.74) is 0.943. The van der Waals surface area contributed by atoms with Gasteiger partial charge in [0.25, 0.3) is 0 Å². The van der Waals surface area contributed by atoms with Crippen LogP contribution < -0.4 is 9.62 Å². The molecule has 0 saturated heterocycles. The SMILES string of the molecule is CC(C)CNC(=O)[C@@H](C)N(Cc1ccc(Cl)cc1)C(=O)CN(c1ccccc1Cl)S(C)(=O)=O. The molecule has 0 aliphatic heterocycles. The number of carbonyl (C=O) groups is 2. The van der Waals surface area contributed by atoms with Gasteiger partial charge in [-0.3, -0.25) is 13.9 Å². The number of para-hydroxylation sites is 1. The molecule has 2 aromatic carbocycles. The number of benzene rings is 2. The Morgan fingerprint density at radius 1 is 1.00 bits per heavy atom. The van der Waals surface area contributed by atoms with E-state index in [1.165, 1.54) is 11.0 Å². The lowest BCUT2D eigenvalue weighted by Gasteiger charge is -2.31. The van der Waals surface area contributed by atoms with Gasteiger partial charge in [0.05, 0.1) is 17.0 Å². The summed E-state index contributed by atoms with van der Waals surface area (Å²) in [5.74, 6) is -0.625. The minimum absolute atomic E-state index is 0.104. The van der Waals surface area contributed by atoms with Gasteiger partial charge in [0, 0.05) is 18.1 Å². The van der Waals surface area contributed by atoms with E-state index >= 15 is 0 Å². The Kier molecular flexibility index (Phi) is 9.57. The van der Waals surface area contributed by atoms with Gasteiger partial charge >= 0.3 is 0 Å². The molecule has 2 aromatic rings. The molecule has 180 valence electrons. The lowest BCUT2D eigenvalue weighted by Crippen LogP contribution is -2.51. The fourth-order valence-electron chi connectivity index (χ4n) is 3.07. The molecule has 7 nitrogen and oxygen atoms in total. The van der Waals surface area contributed by atoms with Crippen molar-refractivity contribution in [1.82, 2.24) is 10.2 Å². The van der Waals surface area contributed by atoms with E-state index in [2.05, 4.69) is 5.32 Å². The standard InChI is InChI=1S/C23H29Cl2N3O4S/c1-16(2)13-26-23(30)17(3)27(14-18-9-11-19(24)12-10-18)22(29)15-28(33(4,31)32)21-8-6-5-7-20(21)25/h5-12,16-17H,13-15H2,1-4H3,(H,26,30)/t17-/m1/s1. The van der Waals surface area contributed by atoms with Crippen LogP contribution in [0.4, 0.5) is 5.69 Å². The van der Waals surface area contributed by atoms with Crippen LogP contribution in [0.2, 0.25) is 10.0 Å². The third-order valence-corrected chi connectivity index (χ3v) is 6.62. The molecule has 2 amide bonds. The largest absolute Gasteiger partial charge is 0.354 e. The van der Waals surface area contributed by atoms with E-state index in [1.54, 1.807) is 49.4 Å². The van der Waals surface area contributed by atoms with Gasteiger partial charge < -0.3 is 10.2 Å². The summed E-state index contributed by atoms with van der Waals surface area (Å²) >= 11 is 12.2. The van der Waals surface area contributed by atoms with Gasteiger partial charge in [0.1, 0.15) is 12.6 Å². The topological polar surface area (TPSA) is 86.8 Å². The maximum atomic E-state index is 13.4. The number of carbonyl (C=O) groups excluding carboxylic acids is 2. The summed E-state index contributed by atoms with van der Waals surface area (Å²) in [6.07, 6.45) is 1.01. The van der Waals surface area contributed by atoms with E-state index in [0.29, 0.717) is 11.6 Å². The van der Waals surface area contributed by atoms with Gasteiger partial charge in [-0.2, -0.15) is 0 Å². The molecule has 0 unspecified atom stereocenters. The molecule has 0 fully saturated rings.